The fraction of sp³-hybridized carbons (Fsp3) is 0.190. The summed E-state index contributed by atoms with van der Waals surface area (Å²) in [4.78, 5) is 48.3. The number of hydrogen-bond donors (Lipinski definition) is 0. The van der Waals surface area contributed by atoms with E-state index in [0.717, 1.165) is 22.4 Å². The Morgan fingerprint density at radius 1 is 0.444 bits per heavy atom. The zero-order chi connectivity index (χ0) is 39.0. The van der Waals surface area contributed by atoms with Crippen molar-refractivity contribution in [2.45, 2.75) is 47.0 Å². The van der Waals surface area contributed by atoms with Crippen LogP contribution in [0.3, 0.4) is 0 Å². The summed E-state index contributed by atoms with van der Waals surface area (Å²) in [5.74, 6) is 1.54. The van der Waals surface area contributed by atoms with Gasteiger partial charge in [-0.2, -0.15) is 0 Å². The molecule has 0 aliphatic rings. The molecular formula is C42H38O12. The average molecular weight is 735 g/mol. The Morgan fingerprint density at radius 3 is 1.20 bits per heavy atom. The standard InChI is InChI=1S/C42H38O12/c1-25-20-29(8-18-38(25)53-40(45)51-34-16-14-33(15-17-34)50-32-12-10-31(47-7)11-13-32)42(5,6)30-9-19-39(26(2)21-30)54-41(46)52-37-23-35(48-27(3)43)22-36(24-37)49-28(4)44/h8-24H,1-7H3. The summed E-state index contributed by atoms with van der Waals surface area (Å²) in [6.45, 7) is 10.1. The molecule has 0 radical (unpaired) electrons. The first-order valence-corrected chi connectivity index (χ1v) is 16.6. The molecule has 0 N–H and O–H groups in total. The first kappa shape index (κ1) is 38.4. The van der Waals surface area contributed by atoms with Gasteiger partial charge in [-0.1, -0.05) is 38.1 Å². The molecular weight excluding hydrogens is 696 g/mol. The topological polar surface area (TPSA) is 142 Å². The lowest BCUT2D eigenvalue weighted by Gasteiger charge is -2.27. The largest absolute Gasteiger partial charge is 0.519 e. The fourth-order valence-electron chi connectivity index (χ4n) is 5.30. The van der Waals surface area contributed by atoms with Crippen molar-refractivity contribution in [3.05, 3.63) is 125 Å². The van der Waals surface area contributed by atoms with E-state index >= 15 is 0 Å². The van der Waals surface area contributed by atoms with Crippen LogP contribution in [0.25, 0.3) is 0 Å². The summed E-state index contributed by atoms with van der Waals surface area (Å²) in [6, 6.07) is 28.5. The van der Waals surface area contributed by atoms with E-state index in [4.69, 9.17) is 37.9 Å². The van der Waals surface area contributed by atoms with Crippen LogP contribution in [0.15, 0.2) is 103 Å². The summed E-state index contributed by atoms with van der Waals surface area (Å²) < 4.78 is 42.8. The Kier molecular flexibility index (Phi) is 11.9. The molecule has 0 saturated heterocycles. The van der Waals surface area contributed by atoms with Crippen molar-refractivity contribution < 1.29 is 57.1 Å². The molecule has 54 heavy (non-hydrogen) atoms. The van der Waals surface area contributed by atoms with Crippen molar-refractivity contribution >= 4 is 24.2 Å². The maximum absolute atomic E-state index is 12.7. The molecule has 0 bridgehead atoms. The number of carbonyl (C=O) groups excluding carboxylic acids is 4. The van der Waals surface area contributed by atoms with Gasteiger partial charge in [-0.05, 0) is 96.8 Å². The highest BCUT2D eigenvalue weighted by Gasteiger charge is 2.26. The third-order valence-corrected chi connectivity index (χ3v) is 8.08. The minimum Gasteiger partial charge on any atom is -0.497 e. The van der Waals surface area contributed by atoms with Crippen LogP contribution in [0, 0.1) is 13.8 Å². The molecule has 5 aromatic rings. The molecule has 0 saturated carbocycles. The average Bonchev–Trinajstić information content (AvgIpc) is 3.10. The molecule has 0 aromatic heterocycles. The third kappa shape index (κ3) is 10.2. The van der Waals surface area contributed by atoms with Crippen LogP contribution < -0.4 is 37.9 Å². The maximum Gasteiger partial charge on any atom is 0.519 e. The minimum absolute atomic E-state index is 0.0144. The first-order chi connectivity index (χ1) is 25.7. The van der Waals surface area contributed by atoms with Crippen molar-refractivity contribution in [1.82, 2.24) is 0 Å². The Labute approximate surface area is 312 Å². The second-order valence-corrected chi connectivity index (χ2v) is 12.6. The number of rotatable bonds is 11. The molecule has 12 heteroatoms. The van der Waals surface area contributed by atoms with Gasteiger partial charge >= 0.3 is 24.2 Å². The quantitative estimate of drug-likeness (QED) is 0.0725. The highest BCUT2D eigenvalue weighted by molar-refractivity contribution is 5.73. The maximum atomic E-state index is 12.7. The number of benzene rings is 5. The van der Waals surface area contributed by atoms with Crippen LogP contribution in [0.2, 0.25) is 0 Å². The van der Waals surface area contributed by atoms with Crippen molar-refractivity contribution in [3.63, 3.8) is 0 Å². The Hall–Kier alpha value is -6.82. The van der Waals surface area contributed by atoms with E-state index in [2.05, 4.69) is 0 Å². The number of methoxy groups -OCH3 is 1. The summed E-state index contributed by atoms with van der Waals surface area (Å²) in [5.41, 5.74) is 2.74. The minimum atomic E-state index is -1.06. The second kappa shape index (κ2) is 16.7. The molecule has 0 aliphatic carbocycles. The van der Waals surface area contributed by atoms with E-state index in [9.17, 15) is 19.2 Å². The van der Waals surface area contributed by atoms with Crippen molar-refractivity contribution in [1.29, 1.82) is 0 Å². The molecule has 12 nitrogen and oxygen atoms in total. The number of ether oxygens (including phenoxy) is 8. The van der Waals surface area contributed by atoms with Gasteiger partial charge < -0.3 is 37.9 Å². The van der Waals surface area contributed by atoms with E-state index in [-0.39, 0.29) is 28.7 Å². The van der Waals surface area contributed by atoms with Crippen LogP contribution in [0.4, 0.5) is 9.59 Å². The molecule has 278 valence electrons. The lowest BCUT2D eigenvalue weighted by atomic mass is 9.77. The monoisotopic (exact) mass is 734 g/mol. The number of hydrogen-bond acceptors (Lipinski definition) is 12. The second-order valence-electron chi connectivity index (χ2n) is 12.6. The van der Waals surface area contributed by atoms with E-state index in [1.807, 2.05) is 45.0 Å². The van der Waals surface area contributed by atoms with Crippen LogP contribution in [-0.2, 0) is 15.0 Å². The van der Waals surface area contributed by atoms with Gasteiger partial charge in [0.05, 0.1) is 7.11 Å². The summed E-state index contributed by atoms with van der Waals surface area (Å²) in [6.07, 6.45) is -1.94. The smallest absolute Gasteiger partial charge is 0.497 e. The van der Waals surface area contributed by atoms with Gasteiger partial charge in [0.25, 0.3) is 0 Å². The molecule has 0 fully saturated rings. The highest BCUT2D eigenvalue weighted by Crippen LogP contribution is 2.36. The zero-order valence-electron chi connectivity index (χ0n) is 30.7. The normalized spacial score (nSPS) is 10.8. The fourth-order valence-corrected chi connectivity index (χ4v) is 5.30. The van der Waals surface area contributed by atoms with Crippen LogP contribution in [0.5, 0.6) is 51.7 Å². The van der Waals surface area contributed by atoms with Gasteiger partial charge in [-0.15, -0.1) is 0 Å². The Balaban J connectivity index is 1.20. The lowest BCUT2D eigenvalue weighted by molar-refractivity contribution is -0.132. The molecule has 0 atom stereocenters. The van der Waals surface area contributed by atoms with Crippen molar-refractivity contribution in [2.24, 2.45) is 0 Å². The number of esters is 2. The van der Waals surface area contributed by atoms with Crippen molar-refractivity contribution in [2.75, 3.05) is 7.11 Å². The van der Waals surface area contributed by atoms with E-state index in [1.54, 1.807) is 74.7 Å². The summed E-state index contributed by atoms with van der Waals surface area (Å²) >= 11 is 0. The van der Waals surface area contributed by atoms with Gasteiger partial charge in [0, 0.05) is 37.5 Å². The number of aryl methyl sites for hydroxylation is 2. The third-order valence-electron chi connectivity index (χ3n) is 8.08. The molecule has 0 aliphatic heterocycles. The highest BCUT2D eigenvalue weighted by atomic mass is 16.7. The zero-order valence-corrected chi connectivity index (χ0v) is 30.7. The van der Waals surface area contributed by atoms with Crippen molar-refractivity contribution in [3.8, 4) is 51.7 Å². The van der Waals surface area contributed by atoms with Crippen LogP contribution in [-0.4, -0.2) is 31.4 Å². The van der Waals surface area contributed by atoms with Crippen LogP contribution in [0.1, 0.15) is 49.9 Å². The van der Waals surface area contributed by atoms with E-state index < -0.39 is 29.7 Å². The van der Waals surface area contributed by atoms with Crippen LogP contribution >= 0.6 is 0 Å². The van der Waals surface area contributed by atoms with E-state index in [0.29, 0.717) is 22.8 Å². The Morgan fingerprint density at radius 2 is 0.815 bits per heavy atom. The molecule has 5 rings (SSSR count). The summed E-state index contributed by atoms with van der Waals surface area (Å²) in [5, 5.41) is 0. The van der Waals surface area contributed by atoms with Gasteiger partial charge in [0.15, 0.2) is 0 Å². The SMILES string of the molecule is COc1ccc(Oc2ccc(OC(=O)Oc3ccc(C(C)(C)c4ccc(OC(=O)Oc5cc(OC(C)=O)cc(OC(C)=O)c5)c(C)c4)cc3C)cc2)cc1. The van der Waals surface area contributed by atoms with Gasteiger partial charge in [-0.3, -0.25) is 9.59 Å². The van der Waals surface area contributed by atoms with Gasteiger partial charge in [-0.25, -0.2) is 9.59 Å². The molecule has 0 amide bonds. The lowest BCUT2D eigenvalue weighted by Crippen LogP contribution is -2.20. The molecule has 0 heterocycles. The van der Waals surface area contributed by atoms with Gasteiger partial charge in [0.1, 0.15) is 51.7 Å². The molecule has 5 aromatic carbocycles. The predicted octanol–water partition coefficient (Wildman–Crippen LogP) is 9.44. The van der Waals surface area contributed by atoms with Gasteiger partial charge in [0.2, 0.25) is 0 Å². The predicted molar refractivity (Wildman–Crippen MR) is 196 cm³/mol. The Bertz CT molecular complexity index is 2140. The number of carbonyl (C=O) groups is 4. The summed E-state index contributed by atoms with van der Waals surface area (Å²) in [7, 11) is 1.59. The molecule has 0 spiro atoms. The first-order valence-electron chi connectivity index (χ1n) is 16.6. The van der Waals surface area contributed by atoms with E-state index in [1.165, 1.54) is 32.0 Å². The molecule has 0 unspecified atom stereocenters.